The van der Waals surface area contributed by atoms with E-state index in [9.17, 15) is 0 Å². The molecule has 0 radical (unpaired) electrons. The molecule has 0 spiro atoms. The van der Waals surface area contributed by atoms with Gasteiger partial charge < -0.3 is 52.1 Å². The fourth-order valence-corrected chi connectivity index (χ4v) is 2.29. The maximum Gasteiger partial charge on any atom is 0.0704 e. The van der Waals surface area contributed by atoms with Gasteiger partial charge in [-0.2, -0.15) is 0 Å². The van der Waals surface area contributed by atoms with E-state index in [-0.39, 0.29) is 0 Å². The minimum atomic E-state index is 0.522. The lowest BCUT2D eigenvalue weighted by Gasteiger charge is -2.09. The van der Waals surface area contributed by atoms with Crippen molar-refractivity contribution in [1.29, 1.82) is 0 Å². The van der Waals surface area contributed by atoms with E-state index in [1.165, 1.54) is 0 Å². The molecule has 0 amide bonds. The summed E-state index contributed by atoms with van der Waals surface area (Å²) in [6, 6.07) is 0. The molecular weight excluding hydrogens is 464 g/mol. The summed E-state index contributed by atoms with van der Waals surface area (Å²) in [5.41, 5.74) is 0. The van der Waals surface area contributed by atoms with Crippen LogP contribution in [0, 0.1) is 0 Å². The topological polar surface area (TPSA) is 102 Å². The Morgan fingerprint density at radius 1 is 0.343 bits per heavy atom. The van der Waals surface area contributed by atoms with Crippen LogP contribution in [-0.4, -0.2) is 146 Å². The highest BCUT2D eigenvalue weighted by atomic mass is 16.6. The SMILES string of the molecule is C=CCOCCOCCOCCOCCOCCOCCOCCOCCOCCOCCOC. The molecule has 0 aromatic heterocycles. The van der Waals surface area contributed by atoms with Crippen molar-refractivity contribution < 1.29 is 52.1 Å². The molecule has 35 heavy (non-hydrogen) atoms. The summed E-state index contributed by atoms with van der Waals surface area (Å²) in [6.45, 7) is 15.0. The summed E-state index contributed by atoms with van der Waals surface area (Å²) >= 11 is 0. The standard InChI is InChI=1S/C24H48O11/c1-3-4-26-7-8-28-11-12-30-15-16-32-19-20-34-23-24-35-22-21-33-18-17-31-14-13-29-10-9-27-6-5-25-2/h3H,1,4-24H2,2H3. The predicted octanol–water partition coefficient (Wildman–Crippen LogP) is 0.985. The van der Waals surface area contributed by atoms with Gasteiger partial charge >= 0.3 is 0 Å². The van der Waals surface area contributed by atoms with Gasteiger partial charge in [0.1, 0.15) is 0 Å². The zero-order valence-electron chi connectivity index (χ0n) is 21.6. The van der Waals surface area contributed by atoms with Gasteiger partial charge in [0.25, 0.3) is 0 Å². The summed E-state index contributed by atoms with van der Waals surface area (Å²) < 4.78 is 58.7. The third-order valence-electron chi connectivity index (χ3n) is 4.02. The summed E-state index contributed by atoms with van der Waals surface area (Å²) in [5.74, 6) is 0. The summed E-state index contributed by atoms with van der Waals surface area (Å²) in [4.78, 5) is 0. The van der Waals surface area contributed by atoms with E-state index in [1.807, 2.05) is 0 Å². The van der Waals surface area contributed by atoms with Gasteiger partial charge in [-0.15, -0.1) is 6.58 Å². The maximum absolute atomic E-state index is 5.44. The first kappa shape index (κ1) is 34.3. The molecule has 0 saturated carbocycles. The van der Waals surface area contributed by atoms with Crippen LogP contribution in [0.4, 0.5) is 0 Å². The average Bonchev–Trinajstić information content (AvgIpc) is 2.87. The van der Waals surface area contributed by atoms with Crippen LogP contribution in [0.1, 0.15) is 0 Å². The quantitative estimate of drug-likeness (QED) is 0.0952. The van der Waals surface area contributed by atoms with E-state index in [0.29, 0.717) is 139 Å². The Balaban J connectivity index is 3.00. The zero-order valence-corrected chi connectivity index (χ0v) is 21.6. The molecule has 0 aromatic carbocycles. The molecule has 11 heteroatoms. The van der Waals surface area contributed by atoms with Crippen molar-refractivity contribution in [1.82, 2.24) is 0 Å². The zero-order chi connectivity index (χ0) is 25.3. The van der Waals surface area contributed by atoms with Crippen molar-refractivity contribution >= 4 is 0 Å². The number of ether oxygens (including phenoxy) is 11. The Bertz CT molecular complexity index is 388. The minimum absolute atomic E-state index is 0.522. The van der Waals surface area contributed by atoms with Crippen LogP contribution in [0.3, 0.4) is 0 Å². The van der Waals surface area contributed by atoms with Gasteiger partial charge in [0.15, 0.2) is 0 Å². The van der Waals surface area contributed by atoms with Crippen LogP contribution in [-0.2, 0) is 52.1 Å². The molecule has 0 heterocycles. The van der Waals surface area contributed by atoms with Gasteiger partial charge in [-0.1, -0.05) is 6.08 Å². The van der Waals surface area contributed by atoms with Crippen molar-refractivity contribution in [2.24, 2.45) is 0 Å². The lowest BCUT2D eigenvalue weighted by Crippen LogP contribution is -2.15. The number of hydrogen-bond donors (Lipinski definition) is 0. The van der Waals surface area contributed by atoms with E-state index >= 15 is 0 Å². The molecule has 11 nitrogen and oxygen atoms in total. The maximum atomic E-state index is 5.44. The van der Waals surface area contributed by atoms with E-state index in [1.54, 1.807) is 13.2 Å². The van der Waals surface area contributed by atoms with Crippen LogP contribution in [0.5, 0.6) is 0 Å². The first-order chi connectivity index (χ1) is 17.4. The van der Waals surface area contributed by atoms with E-state index in [0.717, 1.165) is 0 Å². The van der Waals surface area contributed by atoms with E-state index in [4.69, 9.17) is 52.1 Å². The molecule has 0 rings (SSSR count). The normalized spacial score (nSPS) is 11.3. The van der Waals surface area contributed by atoms with Crippen LogP contribution in [0.2, 0.25) is 0 Å². The fourth-order valence-electron chi connectivity index (χ4n) is 2.29. The highest BCUT2D eigenvalue weighted by molar-refractivity contribution is 4.63. The lowest BCUT2D eigenvalue weighted by atomic mass is 10.6. The van der Waals surface area contributed by atoms with Gasteiger partial charge in [-0.25, -0.2) is 0 Å². The molecule has 0 unspecified atom stereocenters. The second kappa shape index (κ2) is 33.3. The summed E-state index contributed by atoms with van der Waals surface area (Å²) in [6.07, 6.45) is 1.71. The van der Waals surface area contributed by atoms with Gasteiger partial charge in [0.2, 0.25) is 0 Å². The number of hydrogen-bond acceptors (Lipinski definition) is 11. The molecular formula is C24H48O11. The first-order valence-electron chi connectivity index (χ1n) is 12.3. The van der Waals surface area contributed by atoms with Crippen molar-refractivity contribution in [3.05, 3.63) is 12.7 Å². The third-order valence-corrected chi connectivity index (χ3v) is 4.02. The molecule has 0 aliphatic carbocycles. The Labute approximate surface area is 211 Å². The molecule has 0 N–H and O–H groups in total. The first-order valence-corrected chi connectivity index (χ1v) is 12.3. The molecule has 210 valence electrons. The predicted molar refractivity (Wildman–Crippen MR) is 130 cm³/mol. The molecule has 0 bridgehead atoms. The van der Waals surface area contributed by atoms with Crippen LogP contribution < -0.4 is 0 Å². The van der Waals surface area contributed by atoms with Crippen LogP contribution in [0.25, 0.3) is 0 Å². The molecule has 0 aromatic rings. The fraction of sp³-hybridized carbons (Fsp3) is 0.917. The Morgan fingerprint density at radius 3 is 0.743 bits per heavy atom. The van der Waals surface area contributed by atoms with Gasteiger partial charge in [-0.05, 0) is 0 Å². The smallest absolute Gasteiger partial charge is 0.0704 e. The largest absolute Gasteiger partial charge is 0.382 e. The molecule has 0 fully saturated rings. The number of rotatable bonds is 32. The summed E-state index contributed by atoms with van der Waals surface area (Å²) in [5, 5.41) is 0. The monoisotopic (exact) mass is 512 g/mol. The van der Waals surface area contributed by atoms with Crippen molar-refractivity contribution in [3.8, 4) is 0 Å². The van der Waals surface area contributed by atoms with Crippen molar-refractivity contribution in [2.45, 2.75) is 0 Å². The van der Waals surface area contributed by atoms with E-state index in [2.05, 4.69) is 6.58 Å². The van der Waals surface area contributed by atoms with Crippen LogP contribution >= 0.6 is 0 Å². The van der Waals surface area contributed by atoms with Crippen molar-refractivity contribution in [2.75, 3.05) is 146 Å². The Hall–Kier alpha value is -0.700. The Kier molecular flexibility index (Phi) is 32.6. The highest BCUT2D eigenvalue weighted by Gasteiger charge is 1.95. The molecule has 0 atom stereocenters. The highest BCUT2D eigenvalue weighted by Crippen LogP contribution is 1.86. The minimum Gasteiger partial charge on any atom is -0.382 e. The average molecular weight is 513 g/mol. The third kappa shape index (κ3) is 33.3. The molecule has 0 saturated heterocycles. The van der Waals surface area contributed by atoms with Crippen molar-refractivity contribution in [3.63, 3.8) is 0 Å². The van der Waals surface area contributed by atoms with Gasteiger partial charge in [0, 0.05) is 7.11 Å². The summed E-state index contributed by atoms with van der Waals surface area (Å²) in [7, 11) is 1.65. The lowest BCUT2D eigenvalue weighted by molar-refractivity contribution is -0.0268. The second-order valence-corrected chi connectivity index (χ2v) is 6.87. The second-order valence-electron chi connectivity index (χ2n) is 6.87. The van der Waals surface area contributed by atoms with Gasteiger partial charge in [-0.3, -0.25) is 0 Å². The van der Waals surface area contributed by atoms with Crippen LogP contribution in [0.15, 0.2) is 12.7 Å². The number of methoxy groups -OCH3 is 1. The van der Waals surface area contributed by atoms with Gasteiger partial charge in [0.05, 0.1) is 139 Å². The Morgan fingerprint density at radius 2 is 0.543 bits per heavy atom. The molecule has 0 aliphatic rings. The van der Waals surface area contributed by atoms with E-state index < -0.39 is 0 Å². The molecule has 0 aliphatic heterocycles.